The number of aryl methyl sites for hydroxylation is 1. The third-order valence-corrected chi connectivity index (χ3v) is 7.53. The van der Waals surface area contributed by atoms with E-state index in [0.29, 0.717) is 31.7 Å². The summed E-state index contributed by atoms with van der Waals surface area (Å²) in [5, 5.41) is 2.88. The van der Waals surface area contributed by atoms with Gasteiger partial charge in [-0.05, 0) is 56.5 Å². The number of amides is 1. The second kappa shape index (κ2) is 10.3. The van der Waals surface area contributed by atoms with Crippen molar-refractivity contribution in [1.82, 2.24) is 8.61 Å². The van der Waals surface area contributed by atoms with Gasteiger partial charge in [-0.25, -0.2) is 0 Å². The molecule has 0 aliphatic carbocycles. The van der Waals surface area contributed by atoms with Gasteiger partial charge in [0.15, 0.2) is 0 Å². The van der Waals surface area contributed by atoms with E-state index in [-0.39, 0.29) is 12.5 Å². The SMILES string of the molecule is CCN(CC)c1ccc(NC(=O)CN2CCCN(Cc3ccccc3)S2(=O)=O)c(C)c1. The van der Waals surface area contributed by atoms with E-state index in [4.69, 9.17) is 0 Å². The molecule has 2 aromatic rings. The Morgan fingerprint density at radius 1 is 1.03 bits per heavy atom. The highest BCUT2D eigenvalue weighted by atomic mass is 32.2. The molecule has 0 unspecified atom stereocenters. The van der Waals surface area contributed by atoms with Crippen LogP contribution in [0.4, 0.5) is 11.4 Å². The van der Waals surface area contributed by atoms with E-state index in [1.165, 1.54) is 8.61 Å². The van der Waals surface area contributed by atoms with Gasteiger partial charge in [-0.3, -0.25) is 4.79 Å². The van der Waals surface area contributed by atoms with E-state index in [1.54, 1.807) is 0 Å². The highest BCUT2D eigenvalue weighted by molar-refractivity contribution is 7.86. The maximum atomic E-state index is 13.0. The molecular formula is C23H32N4O3S. The first-order valence-corrected chi connectivity index (χ1v) is 12.2. The van der Waals surface area contributed by atoms with E-state index in [1.807, 2.05) is 55.5 Å². The highest BCUT2D eigenvalue weighted by Crippen LogP contribution is 2.23. The molecule has 0 spiro atoms. The monoisotopic (exact) mass is 444 g/mol. The van der Waals surface area contributed by atoms with Crippen molar-refractivity contribution in [3.8, 4) is 0 Å². The summed E-state index contributed by atoms with van der Waals surface area (Å²) in [6.45, 7) is 8.91. The van der Waals surface area contributed by atoms with Crippen LogP contribution in [0.3, 0.4) is 0 Å². The number of carbonyl (C=O) groups is 1. The Morgan fingerprint density at radius 2 is 1.71 bits per heavy atom. The number of anilines is 2. The van der Waals surface area contributed by atoms with Crippen molar-refractivity contribution >= 4 is 27.5 Å². The maximum Gasteiger partial charge on any atom is 0.282 e. The quantitative estimate of drug-likeness (QED) is 0.679. The molecule has 8 heteroatoms. The molecule has 168 valence electrons. The van der Waals surface area contributed by atoms with Crippen LogP contribution < -0.4 is 10.2 Å². The summed E-state index contributed by atoms with van der Waals surface area (Å²) < 4.78 is 28.8. The molecular weight excluding hydrogens is 412 g/mol. The molecule has 0 saturated carbocycles. The third kappa shape index (κ3) is 5.64. The molecule has 7 nitrogen and oxygen atoms in total. The number of carbonyl (C=O) groups excluding carboxylic acids is 1. The number of rotatable bonds is 8. The van der Waals surface area contributed by atoms with Crippen LogP contribution in [0.1, 0.15) is 31.4 Å². The van der Waals surface area contributed by atoms with E-state index in [0.717, 1.165) is 29.9 Å². The average molecular weight is 445 g/mol. The van der Waals surface area contributed by atoms with Crippen molar-refractivity contribution in [1.29, 1.82) is 0 Å². The molecule has 1 aliphatic rings. The van der Waals surface area contributed by atoms with Crippen LogP contribution in [-0.2, 0) is 21.5 Å². The van der Waals surface area contributed by atoms with Gasteiger partial charge in [-0.2, -0.15) is 17.0 Å². The maximum absolute atomic E-state index is 13.0. The molecule has 1 fully saturated rings. The first kappa shape index (κ1) is 23.2. The van der Waals surface area contributed by atoms with E-state index >= 15 is 0 Å². The van der Waals surface area contributed by atoms with E-state index in [9.17, 15) is 13.2 Å². The Bertz CT molecular complexity index is 991. The fraction of sp³-hybridized carbons (Fsp3) is 0.435. The number of benzene rings is 2. The summed E-state index contributed by atoms with van der Waals surface area (Å²) >= 11 is 0. The van der Waals surface area contributed by atoms with Crippen LogP contribution >= 0.6 is 0 Å². The van der Waals surface area contributed by atoms with Crippen LogP contribution in [-0.4, -0.2) is 55.7 Å². The lowest BCUT2D eigenvalue weighted by atomic mass is 10.1. The topological polar surface area (TPSA) is 73.0 Å². The van der Waals surface area contributed by atoms with Gasteiger partial charge in [0.25, 0.3) is 10.2 Å². The van der Waals surface area contributed by atoms with Crippen molar-refractivity contribution in [2.75, 3.05) is 42.9 Å². The molecule has 0 atom stereocenters. The van der Waals surface area contributed by atoms with Crippen molar-refractivity contribution < 1.29 is 13.2 Å². The van der Waals surface area contributed by atoms with Crippen LogP contribution in [0.25, 0.3) is 0 Å². The zero-order chi connectivity index (χ0) is 22.4. The Kier molecular flexibility index (Phi) is 7.69. The Morgan fingerprint density at radius 3 is 2.35 bits per heavy atom. The van der Waals surface area contributed by atoms with Crippen LogP contribution in [0.15, 0.2) is 48.5 Å². The molecule has 1 amide bonds. The van der Waals surface area contributed by atoms with Crippen molar-refractivity contribution in [3.05, 3.63) is 59.7 Å². The fourth-order valence-corrected chi connectivity index (χ4v) is 5.49. The van der Waals surface area contributed by atoms with Gasteiger partial charge in [-0.1, -0.05) is 30.3 Å². The lowest BCUT2D eigenvalue weighted by molar-refractivity contribution is -0.116. The average Bonchev–Trinajstić information content (AvgIpc) is 2.75. The van der Waals surface area contributed by atoms with Gasteiger partial charge in [0.1, 0.15) is 0 Å². The normalized spacial score (nSPS) is 16.7. The Hall–Kier alpha value is -2.42. The van der Waals surface area contributed by atoms with Gasteiger partial charge >= 0.3 is 0 Å². The van der Waals surface area contributed by atoms with Gasteiger partial charge in [0.2, 0.25) is 5.91 Å². The van der Waals surface area contributed by atoms with Crippen LogP contribution in [0.5, 0.6) is 0 Å². The summed E-state index contributed by atoms with van der Waals surface area (Å²) in [4.78, 5) is 14.9. The minimum Gasteiger partial charge on any atom is -0.372 e. The fourth-order valence-electron chi connectivity index (χ4n) is 3.85. The molecule has 31 heavy (non-hydrogen) atoms. The number of nitrogens with zero attached hydrogens (tertiary/aromatic N) is 3. The van der Waals surface area contributed by atoms with Gasteiger partial charge in [0.05, 0.1) is 6.54 Å². The molecule has 1 heterocycles. The first-order valence-electron chi connectivity index (χ1n) is 10.8. The predicted molar refractivity (Wildman–Crippen MR) is 125 cm³/mol. The highest BCUT2D eigenvalue weighted by Gasteiger charge is 2.34. The van der Waals surface area contributed by atoms with Crippen molar-refractivity contribution in [3.63, 3.8) is 0 Å². The van der Waals surface area contributed by atoms with Crippen LogP contribution in [0.2, 0.25) is 0 Å². The summed E-state index contributed by atoms with van der Waals surface area (Å²) in [7, 11) is -3.69. The zero-order valence-corrected chi connectivity index (χ0v) is 19.4. The summed E-state index contributed by atoms with van der Waals surface area (Å²) in [5.41, 5.74) is 3.69. The second-order valence-corrected chi connectivity index (χ2v) is 9.66. The lowest BCUT2D eigenvalue weighted by Gasteiger charge is -2.34. The second-order valence-electron chi connectivity index (χ2n) is 7.73. The van der Waals surface area contributed by atoms with Gasteiger partial charge in [-0.15, -0.1) is 0 Å². The standard InChI is InChI=1S/C23H32N4O3S/c1-4-25(5-2)21-12-13-22(19(3)16-21)24-23(28)18-27-15-9-14-26(31(27,29)30)17-20-10-7-6-8-11-20/h6-8,10-13,16H,4-5,9,14-15,17-18H2,1-3H3,(H,24,28). The molecule has 3 rings (SSSR count). The Labute approximate surface area is 185 Å². The molecule has 0 bridgehead atoms. The largest absolute Gasteiger partial charge is 0.372 e. The van der Waals surface area contributed by atoms with Crippen LogP contribution in [0, 0.1) is 6.92 Å². The lowest BCUT2D eigenvalue weighted by Crippen LogP contribution is -2.51. The van der Waals surface area contributed by atoms with Crippen molar-refractivity contribution in [2.24, 2.45) is 0 Å². The molecule has 0 aromatic heterocycles. The minimum atomic E-state index is -3.69. The third-order valence-electron chi connectivity index (χ3n) is 5.60. The first-order chi connectivity index (χ1) is 14.8. The zero-order valence-electron chi connectivity index (χ0n) is 18.5. The molecule has 0 radical (unpaired) electrons. The van der Waals surface area contributed by atoms with E-state index in [2.05, 4.69) is 24.1 Å². The minimum absolute atomic E-state index is 0.190. The predicted octanol–water partition coefficient (Wildman–Crippen LogP) is 3.23. The molecule has 2 aromatic carbocycles. The molecule has 1 N–H and O–H groups in total. The van der Waals surface area contributed by atoms with Gasteiger partial charge < -0.3 is 10.2 Å². The summed E-state index contributed by atoms with van der Waals surface area (Å²) in [6, 6.07) is 15.4. The number of nitrogens with one attached hydrogen (secondary N) is 1. The molecule has 1 aliphatic heterocycles. The van der Waals surface area contributed by atoms with Crippen molar-refractivity contribution in [2.45, 2.75) is 33.7 Å². The summed E-state index contributed by atoms with van der Waals surface area (Å²) in [6.07, 6.45) is 0.691. The molecule has 1 saturated heterocycles. The smallest absolute Gasteiger partial charge is 0.282 e. The summed E-state index contributed by atoms with van der Waals surface area (Å²) in [5.74, 6) is -0.330. The Balaban J connectivity index is 1.65. The number of hydrogen-bond acceptors (Lipinski definition) is 4. The van der Waals surface area contributed by atoms with E-state index < -0.39 is 10.2 Å². The number of hydrogen-bond donors (Lipinski definition) is 1. The van der Waals surface area contributed by atoms with Gasteiger partial charge in [0, 0.05) is 44.1 Å².